The lowest BCUT2D eigenvalue weighted by Gasteiger charge is -2.32. The number of aliphatic hydroxyl groups excluding tert-OH is 1. The second kappa shape index (κ2) is 13.7. The summed E-state index contributed by atoms with van der Waals surface area (Å²) in [7, 11) is 0. The fraction of sp³-hybridized carbons (Fsp3) is 0.394. The molecule has 6 heteroatoms. The van der Waals surface area contributed by atoms with Gasteiger partial charge in [-0.2, -0.15) is 4.39 Å². The van der Waals surface area contributed by atoms with Crippen molar-refractivity contribution in [1.82, 2.24) is 0 Å². The maximum Gasteiger partial charge on any atom is 0.200 e. The summed E-state index contributed by atoms with van der Waals surface area (Å²) in [4.78, 5) is 0. The van der Waals surface area contributed by atoms with Crippen LogP contribution in [0.1, 0.15) is 68.9 Å². The van der Waals surface area contributed by atoms with Gasteiger partial charge in [-0.3, -0.25) is 0 Å². The van der Waals surface area contributed by atoms with E-state index in [4.69, 9.17) is 9.47 Å². The Balaban J connectivity index is 1.35. The van der Waals surface area contributed by atoms with Crippen molar-refractivity contribution in [1.29, 1.82) is 0 Å². The molecule has 3 nitrogen and oxygen atoms in total. The standard InChI is InChI=1S/C33H37F3O3/c1-3-5-19-38-26-15-16-27(29(34)20-26)23-9-7-22(8-10-23)21-39-31-18-17-28(32(35)33(31)36)24-11-13-25(14-12-24)30(37)6-4-2/h3,7-10,15-18,20,24-25,30,37H,1,4-6,11-14,19,21H2,2H3. The first-order valence-corrected chi connectivity index (χ1v) is 13.8. The molecule has 3 aromatic rings. The Morgan fingerprint density at radius 1 is 0.949 bits per heavy atom. The average Bonchev–Trinajstić information content (AvgIpc) is 2.95. The first-order chi connectivity index (χ1) is 18.9. The van der Waals surface area contributed by atoms with Gasteiger partial charge in [-0.1, -0.05) is 49.8 Å². The second-order valence-corrected chi connectivity index (χ2v) is 10.3. The van der Waals surface area contributed by atoms with Crippen molar-refractivity contribution in [3.05, 3.63) is 95.8 Å². The number of aliphatic hydroxyl groups is 1. The molecule has 1 aliphatic carbocycles. The highest BCUT2D eigenvalue weighted by atomic mass is 19.2. The Morgan fingerprint density at radius 3 is 2.36 bits per heavy atom. The summed E-state index contributed by atoms with van der Waals surface area (Å²) in [6.07, 6.45) is 6.93. The van der Waals surface area contributed by atoms with Gasteiger partial charge >= 0.3 is 0 Å². The van der Waals surface area contributed by atoms with Gasteiger partial charge in [0.15, 0.2) is 11.6 Å². The zero-order valence-corrected chi connectivity index (χ0v) is 22.5. The van der Waals surface area contributed by atoms with Crippen molar-refractivity contribution >= 4 is 0 Å². The SMILES string of the molecule is C=CCCOc1ccc(-c2ccc(COc3ccc(C4CCC(C(O)CCC)CC4)c(F)c3F)cc2)c(F)c1. The summed E-state index contributed by atoms with van der Waals surface area (Å²) < 4.78 is 55.6. The fourth-order valence-corrected chi connectivity index (χ4v) is 5.34. The van der Waals surface area contributed by atoms with Gasteiger partial charge in [0.25, 0.3) is 0 Å². The van der Waals surface area contributed by atoms with Crippen LogP contribution >= 0.6 is 0 Å². The van der Waals surface area contributed by atoms with E-state index in [-0.39, 0.29) is 30.3 Å². The van der Waals surface area contributed by atoms with Gasteiger partial charge in [0, 0.05) is 11.6 Å². The van der Waals surface area contributed by atoms with Gasteiger partial charge in [0.2, 0.25) is 5.82 Å². The predicted octanol–water partition coefficient (Wildman–Crippen LogP) is 8.74. The van der Waals surface area contributed by atoms with E-state index in [1.807, 2.05) is 0 Å². The van der Waals surface area contributed by atoms with Crippen LogP contribution in [-0.2, 0) is 6.61 Å². The molecule has 0 radical (unpaired) electrons. The van der Waals surface area contributed by atoms with Crippen molar-refractivity contribution in [3.63, 3.8) is 0 Å². The largest absolute Gasteiger partial charge is 0.493 e. The quantitative estimate of drug-likeness (QED) is 0.185. The van der Waals surface area contributed by atoms with Gasteiger partial charge in [-0.25, -0.2) is 8.78 Å². The summed E-state index contributed by atoms with van der Waals surface area (Å²) in [6.45, 7) is 6.18. The molecule has 1 fully saturated rings. The fourth-order valence-electron chi connectivity index (χ4n) is 5.34. The molecule has 1 N–H and O–H groups in total. The maximum atomic E-state index is 15.0. The molecule has 39 heavy (non-hydrogen) atoms. The summed E-state index contributed by atoms with van der Waals surface area (Å²) >= 11 is 0. The molecule has 4 rings (SSSR count). The predicted molar refractivity (Wildman–Crippen MR) is 148 cm³/mol. The second-order valence-electron chi connectivity index (χ2n) is 10.3. The zero-order chi connectivity index (χ0) is 27.8. The Labute approximate surface area is 229 Å². The van der Waals surface area contributed by atoms with E-state index < -0.39 is 17.5 Å². The van der Waals surface area contributed by atoms with Gasteiger partial charge < -0.3 is 14.6 Å². The highest BCUT2D eigenvalue weighted by Crippen LogP contribution is 2.40. The molecule has 0 aliphatic heterocycles. The van der Waals surface area contributed by atoms with Crippen LogP contribution in [-0.4, -0.2) is 17.8 Å². The Bertz CT molecular complexity index is 1230. The van der Waals surface area contributed by atoms with Gasteiger partial charge in [-0.05, 0) is 85.3 Å². The molecule has 3 aromatic carbocycles. The Hall–Kier alpha value is -3.25. The Morgan fingerprint density at radius 2 is 1.69 bits per heavy atom. The van der Waals surface area contributed by atoms with Gasteiger partial charge in [-0.15, -0.1) is 6.58 Å². The lowest BCUT2D eigenvalue weighted by Crippen LogP contribution is -2.25. The van der Waals surface area contributed by atoms with E-state index in [1.165, 1.54) is 12.1 Å². The minimum absolute atomic E-state index is 0.0506. The van der Waals surface area contributed by atoms with Crippen LogP contribution in [0.5, 0.6) is 11.5 Å². The molecule has 0 spiro atoms. The summed E-state index contributed by atoms with van der Waals surface area (Å²) in [5, 5.41) is 10.3. The number of halogens is 3. The van der Waals surface area contributed by atoms with Crippen molar-refractivity contribution in [2.75, 3.05) is 6.61 Å². The van der Waals surface area contributed by atoms with E-state index >= 15 is 0 Å². The van der Waals surface area contributed by atoms with E-state index in [0.29, 0.717) is 35.5 Å². The lowest BCUT2D eigenvalue weighted by atomic mass is 9.76. The molecule has 1 saturated carbocycles. The van der Waals surface area contributed by atoms with E-state index in [9.17, 15) is 18.3 Å². The third-order valence-corrected chi connectivity index (χ3v) is 7.61. The molecule has 0 amide bonds. The average molecular weight is 539 g/mol. The van der Waals surface area contributed by atoms with Crippen LogP contribution in [0, 0.1) is 23.4 Å². The van der Waals surface area contributed by atoms with Crippen LogP contribution in [0.25, 0.3) is 11.1 Å². The van der Waals surface area contributed by atoms with Crippen LogP contribution < -0.4 is 9.47 Å². The highest BCUT2D eigenvalue weighted by Gasteiger charge is 2.29. The molecule has 1 unspecified atom stereocenters. The summed E-state index contributed by atoms with van der Waals surface area (Å²) in [5.74, 6) is -1.71. The van der Waals surface area contributed by atoms with Crippen molar-refractivity contribution in [3.8, 4) is 22.6 Å². The minimum Gasteiger partial charge on any atom is -0.493 e. The summed E-state index contributed by atoms with van der Waals surface area (Å²) in [6, 6.07) is 15.0. The van der Waals surface area contributed by atoms with Crippen LogP contribution in [0.2, 0.25) is 0 Å². The molecule has 0 heterocycles. The van der Waals surface area contributed by atoms with E-state index in [1.54, 1.807) is 48.5 Å². The molecule has 1 atom stereocenters. The van der Waals surface area contributed by atoms with Crippen molar-refractivity contribution < 1.29 is 27.8 Å². The van der Waals surface area contributed by atoms with Crippen molar-refractivity contribution in [2.45, 2.75) is 70.5 Å². The molecular weight excluding hydrogens is 501 g/mol. The smallest absolute Gasteiger partial charge is 0.200 e. The molecule has 0 saturated heterocycles. The first-order valence-electron chi connectivity index (χ1n) is 13.8. The number of hydrogen-bond acceptors (Lipinski definition) is 3. The minimum atomic E-state index is -0.977. The number of rotatable bonds is 12. The van der Waals surface area contributed by atoms with Crippen molar-refractivity contribution in [2.24, 2.45) is 5.92 Å². The Kier molecular flexibility index (Phi) is 10.1. The number of benzene rings is 3. The van der Waals surface area contributed by atoms with E-state index in [2.05, 4.69) is 13.5 Å². The molecule has 0 aromatic heterocycles. The van der Waals surface area contributed by atoms with Crippen LogP contribution in [0.3, 0.4) is 0 Å². The monoisotopic (exact) mass is 538 g/mol. The van der Waals surface area contributed by atoms with Crippen LogP contribution in [0.15, 0.2) is 67.3 Å². The number of ether oxygens (including phenoxy) is 2. The topological polar surface area (TPSA) is 38.7 Å². The van der Waals surface area contributed by atoms with E-state index in [0.717, 1.165) is 44.1 Å². The lowest BCUT2D eigenvalue weighted by molar-refractivity contribution is 0.0727. The molecular formula is C33H37F3O3. The van der Waals surface area contributed by atoms with Gasteiger partial charge in [0.05, 0.1) is 12.7 Å². The number of hydrogen-bond donors (Lipinski definition) is 1. The van der Waals surface area contributed by atoms with Crippen LogP contribution in [0.4, 0.5) is 13.2 Å². The summed E-state index contributed by atoms with van der Waals surface area (Å²) in [5.41, 5.74) is 2.26. The molecule has 1 aliphatic rings. The zero-order valence-electron chi connectivity index (χ0n) is 22.5. The highest BCUT2D eigenvalue weighted by molar-refractivity contribution is 5.65. The maximum absolute atomic E-state index is 15.0. The third-order valence-electron chi connectivity index (χ3n) is 7.61. The molecule has 0 bridgehead atoms. The molecule has 208 valence electrons. The first kappa shape index (κ1) is 28.8. The van der Waals surface area contributed by atoms with Gasteiger partial charge in [0.1, 0.15) is 18.2 Å². The normalized spacial score (nSPS) is 18.0. The third kappa shape index (κ3) is 7.24.